The Morgan fingerprint density at radius 3 is 2.65 bits per heavy atom. The van der Waals surface area contributed by atoms with Crippen molar-refractivity contribution in [2.75, 3.05) is 0 Å². The van der Waals surface area contributed by atoms with Crippen LogP contribution in [0.25, 0.3) is 0 Å². The third-order valence-electron chi connectivity index (χ3n) is 5.58. The first-order chi connectivity index (χ1) is 12.3. The lowest BCUT2D eigenvalue weighted by Gasteiger charge is -2.29. The van der Waals surface area contributed by atoms with E-state index in [-0.39, 0.29) is 40.8 Å². The van der Waals surface area contributed by atoms with Gasteiger partial charge in [0.25, 0.3) is 0 Å². The minimum Gasteiger partial charge on any atom is -0.350 e. The van der Waals surface area contributed by atoms with Crippen molar-refractivity contribution in [3.8, 4) is 0 Å². The number of benzene rings is 1. The van der Waals surface area contributed by atoms with E-state index in [2.05, 4.69) is 5.32 Å². The Labute approximate surface area is 156 Å². The number of nitrogens with zero attached hydrogens (tertiary/aromatic N) is 1. The standard InChI is InChI=1S/C19H22ClFN2O3/c1-10(24)16-13-6-4-8-15(13)23(11(2)25)18(16)19(26)22-9-12-5-3-7-14(20)17(12)21/h3,5,7,13,15-16,18H,4,6,8-9H2,1-2H3,(H,22,26)/t13-,15+,16?,18-/m0/s1. The number of halogens is 2. The molecule has 1 unspecified atom stereocenters. The predicted octanol–water partition coefficient (Wildman–Crippen LogP) is 2.70. The smallest absolute Gasteiger partial charge is 0.243 e. The highest BCUT2D eigenvalue weighted by Crippen LogP contribution is 2.45. The second-order valence-electron chi connectivity index (χ2n) is 7.10. The fraction of sp³-hybridized carbons (Fsp3) is 0.526. The summed E-state index contributed by atoms with van der Waals surface area (Å²) in [6.45, 7) is 2.85. The second kappa shape index (κ2) is 7.35. The van der Waals surface area contributed by atoms with Gasteiger partial charge >= 0.3 is 0 Å². The molecular weight excluding hydrogens is 359 g/mol. The summed E-state index contributed by atoms with van der Waals surface area (Å²) in [5.41, 5.74) is 0.262. The fourth-order valence-electron chi connectivity index (χ4n) is 4.56. The molecule has 0 spiro atoms. The Morgan fingerprint density at radius 1 is 1.27 bits per heavy atom. The van der Waals surface area contributed by atoms with Crippen molar-refractivity contribution in [1.82, 2.24) is 10.2 Å². The molecule has 1 aliphatic carbocycles. The number of nitrogens with one attached hydrogen (secondary N) is 1. The lowest BCUT2D eigenvalue weighted by Crippen LogP contribution is -2.51. The van der Waals surface area contributed by atoms with Crippen LogP contribution in [0, 0.1) is 17.7 Å². The molecule has 2 amide bonds. The van der Waals surface area contributed by atoms with Crippen LogP contribution in [0.1, 0.15) is 38.7 Å². The van der Waals surface area contributed by atoms with Crippen LogP contribution in [0.5, 0.6) is 0 Å². The van der Waals surface area contributed by atoms with Gasteiger partial charge in [0.2, 0.25) is 11.8 Å². The van der Waals surface area contributed by atoms with Gasteiger partial charge in [0.15, 0.2) is 0 Å². The molecule has 1 aromatic carbocycles. The lowest BCUT2D eigenvalue weighted by molar-refractivity contribution is -0.141. The zero-order chi connectivity index (χ0) is 19.0. The number of likely N-dealkylation sites (tertiary alicyclic amines) is 1. The van der Waals surface area contributed by atoms with E-state index in [4.69, 9.17) is 11.6 Å². The van der Waals surface area contributed by atoms with Crippen molar-refractivity contribution in [2.24, 2.45) is 11.8 Å². The van der Waals surface area contributed by atoms with E-state index in [1.54, 1.807) is 11.0 Å². The summed E-state index contributed by atoms with van der Waals surface area (Å²) in [6, 6.07) is 3.68. The first kappa shape index (κ1) is 18.8. The lowest BCUT2D eigenvalue weighted by atomic mass is 9.85. The Bertz CT molecular complexity index is 726. The van der Waals surface area contributed by atoms with E-state index in [9.17, 15) is 18.8 Å². The highest BCUT2D eigenvalue weighted by Gasteiger charge is 2.55. The molecule has 0 bridgehead atoms. The number of hydrogen-bond acceptors (Lipinski definition) is 3. The number of amides is 2. The molecule has 26 heavy (non-hydrogen) atoms. The van der Waals surface area contributed by atoms with Crippen LogP contribution < -0.4 is 5.32 Å². The molecule has 5 nitrogen and oxygen atoms in total. The number of ketones is 1. The van der Waals surface area contributed by atoms with Gasteiger partial charge in [-0.3, -0.25) is 14.4 Å². The molecule has 140 valence electrons. The number of rotatable bonds is 4. The van der Waals surface area contributed by atoms with Crippen molar-refractivity contribution in [3.63, 3.8) is 0 Å². The normalized spacial score (nSPS) is 27.3. The van der Waals surface area contributed by atoms with E-state index in [1.807, 2.05) is 0 Å². The number of fused-ring (bicyclic) bond motifs is 1. The largest absolute Gasteiger partial charge is 0.350 e. The molecule has 2 fully saturated rings. The molecule has 1 saturated carbocycles. The topological polar surface area (TPSA) is 66.5 Å². The molecule has 1 aromatic rings. The maximum atomic E-state index is 14.0. The van der Waals surface area contributed by atoms with Gasteiger partial charge in [0.05, 0.1) is 10.9 Å². The number of hydrogen-bond donors (Lipinski definition) is 1. The summed E-state index contributed by atoms with van der Waals surface area (Å²) in [5, 5.41) is 2.67. The van der Waals surface area contributed by atoms with Crippen LogP contribution >= 0.6 is 11.6 Å². The zero-order valence-electron chi connectivity index (χ0n) is 14.8. The SMILES string of the molecule is CC(=O)C1[C@H]2CCC[C@H]2N(C(C)=O)[C@@H]1C(=O)NCc1cccc(Cl)c1F. The minimum absolute atomic E-state index is 0.0147. The van der Waals surface area contributed by atoms with E-state index in [0.29, 0.717) is 0 Å². The van der Waals surface area contributed by atoms with Gasteiger partial charge in [-0.2, -0.15) is 0 Å². The Morgan fingerprint density at radius 2 is 2.00 bits per heavy atom. The van der Waals surface area contributed by atoms with Crippen molar-refractivity contribution in [2.45, 2.75) is 51.7 Å². The average molecular weight is 381 g/mol. The molecule has 7 heteroatoms. The van der Waals surface area contributed by atoms with Crippen LogP contribution in [0.3, 0.4) is 0 Å². The van der Waals surface area contributed by atoms with E-state index in [0.717, 1.165) is 19.3 Å². The van der Waals surface area contributed by atoms with Crippen LogP contribution in [0.2, 0.25) is 5.02 Å². The predicted molar refractivity (Wildman–Crippen MR) is 94.9 cm³/mol. The molecule has 0 aromatic heterocycles. The molecule has 3 rings (SSSR count). The molecule has 1 saturated heterocycles. The van der Waals surface area contributed by atoms with Gasteiger partial charge < -0.3 is 10.2 Å². The first-order valence-electron chi connectivity index (χ1n) is 8.83. The third-order valence-corrected chi connectivity index (χ3v) is 5.87. The van der Waals surface area contributed by atoms with Crippen molar-refractivity contribution in [3.05, 3.63) is 34.6 Å². The molecule has 2 aliphatic rings. The van der Waals surface area contributed by atoms with E-state index in [1.165, 1.54) is 26.0 Å². The minimum atomic E-state index is -0.831. The molecule has 4 atom stereocenters. The van der Waals surface area contributed by atoms with E-state index < -0.39 is 23.7 Å². The molecule has 0 radical (unpaired) electrons. The van der Waals surface area contributed by atoms with Gasteiger partial charge in [0.1, 0.15) is 17.6 Å². The fourth-order valence-corrected chi connectivity index (χ4v) is 4.76. The summed E-state index contributed by atoms with van der Waals surface area (Å²) in [6.07, 6.45) is 2.59. The summed E-state index contributed by atoms with van der Waals surface area (Å²) in [5.74, 6) is -1.77. The molecule has 1 heterocycles. The van der Waals surface area contributed by atoms with Crippen LogP contribution in [-0.4, -0.2) is 34.6 Å². The number of carbonyl (C=O) groups is 3. The Kier molecular flexibility index (Phi) is 5.32. The second-order valence-corrected chi connectivity index (χ2v) is 7.51. The summed E-state index contributed by atoms with van der Waals surface area (Å²) in [4.78, 5) is 38.9. The van der Waals surface area contributed by atoms with Gasteiger partial charge in [-0.15, -0.1) is 0 Å². The highest BCUT2D eigenvalue weighted by atomic mass is 35.5. The van der Waals surface area contributed by atoms with Crippen LogP contribution in [-0.2, 0) is 20.9 Å². The molecule has 1 aliphatic heterocycles. The van der Waals surface area contributed by atoms with Gasteiger partial charge in [0, 0.05) is 25.1 Å². The average Bonchev–Trinajstić information content (AvgIpc) is 3.14. The van der Waals surface area contributed by atoms with Gasteiger partial charge in [-0.1, -0.05) is 30.2 Å². The maximum absolute atomic E-state index is 14.0. The number of carbonyl (C=O) groups excluding carboxylic acids is 3. The van der Waals surface area contributed by atoms with Crippen molar-refractivity contribution in [1.29, 1.82) is 0 Å². The zero-order valence-corrected chi connectivity index (χ0v) is 15.6. The third kappa shape index (κ3) is 3.22. The van der Waals surface area contributed by atoms with Crippen molar-refractivity contribution < 1.29 is 18.8 Å². The molecular formula is C19H22ClFN2O3. The Balaban J connectivity index is 1.82. The first-order valence-corrected chi connectivity index (χ1v) is 9.20. The van der Waals surface area contributed by atoms with Crippen LogP contribution in [0.15, 0.2) is 18.2 Å². The maximum Gasteiger partial charge on any atom is 0.243 e. The van der Waals surface area contributed by atoms with Gasteiger partial charge in [-0.25, -0.2) is 4.39 Å². The van der Waals surface area contributed by atoms with Gasteiger partial charge in [-0.05, 0) is 31.7 Å². The Hall–Kier alpha value is -1.95. The van der Waals surface area contributed by atoms with E-state index >= 15 is 0 Å². The summed E-state index contributed by atoms with van der Waals surface area (Å²) < 4.78 is 14.0. The quantitative estimate of drug-likeness (QED) is 0.873. The van der Waals surface area contributed by atoms with Crippen molar-refractivity contribution >= 4 is 29.2 Å². The number of Topliss-reactive ketones (excluding diaryl/α,β-unsaturated/α-hetero) is 1. The van der Waals surface area contributed by atoms with Crippen LogP contribution in [0.4, 0.5) is 4.39 Å². The summed E-state index contributed by atoms with van der Waals surface area (Å²) >= 11 is 5.77. The monoisotopic (exact) mass is 380 g/mol. The highest BCUT2D eigenvalue weighted by molar-refractivity contribution is 6.30. The molecule has 1 N–H and O–H groups in total. The summed E-state index contributed by atoms with van der Waals surface area (Å²) in [7, 11) is 0.